The van der Waals surface area contributed by atoms with Crippen LogP contribution in [-0.4, -0.2) is 29.2 Å². The molecule has 1 aromatic carbocycles. The Kier molecular flexibility index (Phi) is 6.09. The first-order valence-electron chi connectivity index (χ1n) is 4.53. The van der Waals surface area contributed by atoms with Crippen LogP contribution < -0.4 is 0 Å². The van der Waals surface area contributed by atoms with Crippen molar-refractivity contribution in [1.29, 1.82) is 0 Å². The molecular formula is C10H12Cl2N2O3. The number of nitro benzene ring substituents is 1. The Balaban J connectivity index is 0.00000256. The number of halogens is 2. The number of hydrogen-bond donors (Lipinski definition) is 0. The summed E-state index contributed by atoms with van der Waals surface area (Å²) < 4.78 is 0. The van der Waals surface area contributed by atoms with Crippen LogP contribution in [0, 0.1) is 10.1 Å². The van der Waals surface area contributed by atoms with E-state index in [4.69, 9.17) is 11.6 Å². The Morgan fingerprint density at radius 3 is 2.47 bits per heavy atom. The minimum atomic E-state index is -0.817. The van der Waals surface area contributed by atoms with E-state index in [1.807, 2.05) is 19.0 Å². The van der Waals surface area contributed by atoms with Gasteiger partial charge < -0.3 is 4.90 Å². The molecule has 0 saturated heterocycles. The highest BCUT2D eigenvalue weighted by Crippen LogP contribution is 2.22. The number of nitro groups is 1. The molecule has 0 fully saturated rings. The summed E-state index contributed by atoms with van der Waals surface area (Å²) in [4.78, 5) is 23.0. The predicted octanol–water partition coefficient (Wildman–Crippen LogP) is 2.46. The largest absolute Gasteiger partial charge is 0.305 e. The van der Waals surface area contributed by atoms with E-state index in [9.17, 15) is 14.9 Å². The zero-order valence-electron chi connectivity index (χ0n) is 9.34. The maximum absolute atomic E-state index is 11.0. The molecule has 0 N–H and O–H groups in total. The van der Waals surface area contributed by atoms with E-state index in [0.29, 0.717) is 6.54 Å². The van der Waals surface area contributed by atoms with Crippen molar-refractivity contribution < 1.29 is 9.72 Å². The third kappa shape index (κ3) is 4.30. The number of rotatable bonds is 4. The van der Waals surface area contributed by atoms with Crippen LogP contribution in [0.1, 0.15) is 15.9 Å². The highest BCUT2D eigenvalue weighted by atomic mass is 35.5. The fourth-order valence-electron chi connectivity index (χ4n) is 1.36. The summed E-state index contributed by atoms with van der Waals surface area (Å²) >= 11 is 5.26. The molecule has 0 heterocycles. The zero-order valence-corrected chi connectivity index (χ0v) is 10.9. The standard InChI is InChI=1S/C10H11ClN2O3.ClH/c1-12(2)6-7-3-4-8(10(11)14)9(5-7)13(15)16;/h3-5H,6H2,1-2H3;1H. The maximum atomic E-state index is 11.0. The number of hydrogen-bond acceptors (Lipinski definition) is 4. The van der Waals surface area contributed by atoms with Crippen molar-refractivity contribution in [3.05, 3.63) is 39.4 Å². The van der Waals surface area contributed by atoms with Gasteiger partial charge >= 0.3 is 0 Å². The summed E-state index contributed by atoms with van der Waals surface area (Å²) in [5.74, 6) is 0. The van der Waals surface area contributed by atoms with Crippen LogP contribution in [-0.2, 0) is 6.54 Å². The van der Waals surface area contributed by atoms with Gasteiger partial charge in [-0.3, -0.25) is 14.9 Å². The minimum absolute atomic E-state index is 0. The molecule has 0 aliphatic rings. The Hall–Kier alpha value is -1.17. The van der Waals surface area contributed by atoms with Crippen molar-refractivity contribution in [1.82, 2.24) is 4.90 Å². The second kappa shape index (κ2) is 6.54. The minimum Gasteiger partial charge on any atom is -0.305 e. The Morgan fingerprint density at radius 1 is 1.47 bits per heavy atom. The van der Waals surface area contributed by atoms with Gasteiger partial charge in [0.1, 0.15) is 5.56 Å². The average molecular weight is 279 g/mol. The summed E-state index contributed by atoms with van der Waals surface area (Å²) in [6.45, 7) is 0.567. The predicted molar refractivity (Wildman–Crippen MR) is 67.9 cm³/mol. The molecule has 0 unspecified atom stereocenters. The summed E-state index contributed by atoms with van der Waals surface area (Å²) in [6, 6.07) is 4.41. The van der Waals surface area contributed by atoms with Gasteiger partial charge in [-0.15, -0.1) is 12.4 Å². The topological polar surface area (TPSA) is 63.5 Å². The third-order valence-corrected chi connectivity index (χ3v) is 2.17. The summed E-state index contributed by atoms with van der Waals surface area (Å²) in [5, 5.41) is 9.93. The van der Waals surface area contributed by atoms with Gasteiger partial charge in [0.25, 0.3) is 10.9 Å². The molecule has 7 heteroatoms. The van der Waals surface area contributed by atoms with Gasteiger partial charge in [0.2, 0.25) is 0 Å². The Bertz CT molecular complexity index is 436. The van der Waals surface area contributed by atoms with Gasteiger partial charge in [0.15, 0.2) is 0 Å². The van der Waals surface area contributed by atoms with Crippen molar-refractivity contribution >= 4 is 34.9 Å². The van der Waals surface area contributed by atoms with E-state index < -0.39 is 10.2 Å². The second-order valence-corrected chi connectivity index (χ2v) is 3.96. The lowest BCUT2D eigenvalue weighted by atomic mass is 10.1. The first-order valence-corrected chi connectivity index (χ1v) is 4.91. The molecule has 5 nitrogen and oxygen atoms in total. The van der Waals surface area contributed by atoms with E-state index in [1.54, 1.807) is 6.07 Å². The number of carbonyl (C=O) groups is 1. The lowest BCUT2D eigenvalue weighted by Gasteiger charge is -2.09. The van der Waals surface area contributed by atoms with Crippen molar-refractivity contribution in [3.63, 3.8) is 0 Å². The molecule has 0 aliphatic carbocycles. The monoisotopic (exact) mass is 278 g/mol. The van der Waals surface area contributed by atoms with Gasteiger partial charge in [0, 0.05) is 12.6 Å². The summed E-state index contributed by atoms with van der Waals surface area (Å²) in [7, 11) is 3.71. The average Bonchev–Trinajstić information content (AvgIpc) is 2.16. The van der Waals surface area contributed by atoms with Crippen LogP contribution in [0.15, 0.2) is 18.2 Å². The van der Waals surface area contributed by atoms with E-state index >= 15 is 0 Å². The van der Waals surface area contributed by atoms with Crippen LogP contribution in [0.5, 0.6) is 0 Å². The van der Waals surface area contributed by atoms with E-state index in [2.05, 4.69) is 0 Å². The maximum Gasteiger partial charge on any atom is 0.281 e. The smallest absolute Gasteiger partial charge is 0.281 e. The first kappa shape index (κ1) is 15.8. The summed E-state index contributed by atoms with van der Waals surface area (Å²) in [5.41, 5.74) is 0.437. The number of benzene rings is 1. The van der Waals surface area contributed by atoms with Crippen molar-refractivity contribution in [2.75, 3.05) is 14.1 Å². The van der Waals surface area contributed by atoms with Crippen LogP contribution in [0.4, 0.5) is 5.69 Å². The fourth-order valence-corrected chi connectivity index (χ4v) is 1.52. The third-order valence-electron chi connectivity index (χ3n) is 1.97. The van der Waals surface area contributed by atoms with Crippen LogP contribution in [0.25, 0.3) is 0 Å². The normalized spacial score (nSPS) is 9.88. The lowest BCUT2D eigenvalue weighted by molar-refractivity contribution is -0.385. The molecule has 94 valence electrons. The zero-order chi connectivity index (χ0) is 12.3. The molecule has 0 aromatic heterocycles. The highest BCUT2D eigenvalue weighted by molar-refractivity contribution is 6.68. The van der Waals surface area contributed by atoms with Gasteiger partial charge in [-0.05, 0) is 37.3 Å². The SMILES string of the molecule is CN(C)Cc1ccc(C(=O)Cl)c([N+](=O)[O-])c1.Cl. The molecule has 17 heavy (non-hydrogen) atoms. The molecule has 0 amide bonds. The Labute approximate surface area is 110 Å². The van der Waals surface area contributed by atoms with Crippen LogP contribution in [0.2, 0.25) is 0 Å². The van der Waals surface area contributed by atoms with Crippen LogP contribution in [0.3, 0.4) is 0 Å². The molecule has 1 aromatic rings. The molecule has 0 bridgehead atoms. The van der Waals surface area contributed by atoms with E-state index in [-0.39, 0.29) is 23.7 Å². The first-order chi connectivity index (χ1) is 7.41. The van der Waals surface area contributed by atoms with E-state index in [0.717, 1.165) is 5.56 Å². The van der Waals surface area contributed by atoms with E-state index in [1.165, 1.54) is 12.1 Å². The molecule has 0 atom stereocenters. The molecule has 0 saturated carbocycles. The number of carbonyl (C=O) groups excluding carboxylic acids is 1. The van der Waals surface area contributed by atoms with Crippen molar-refractivity contribution in [3.8, 4) is 0 Å². The molecule has 1 rings (SSSR count). The highest BCUT2D eigenvalue weighted by Gasteiger charge is 2.19. The molecule has 0 aliphatic heterocycles. The lowest BCUT2D eigenvalue weighted by Crippen LogP contribution is -2.11. The van der Waals surface area contributed by atoms with Gasteiger partial charge in [0.05, 0.1) is 4.92 Å². The second-order valence-electron chi connectivity index (χ2n) is 3.62. The quantitative estimate of drug-likeness (QED) is 0.482. The van der Waals surface area contributed by atoms with Crippen molar-refractivity contribution in [2.45, 2.75) is 6.54 Å². The van der Waals surface area contributed by atoms with Gasteiger partial charge in [-0.1, -0.05) is 6.07 Å². The Morgan fingerprint density at radius 2 is 2.06 bits per heavy atom. The van der Waals surface area contributed by atoms with Gasteiger partial charge in [-0.2, -0.15) is 0 Å². The van der Waals surface area contributed by atoms with Crippen LogP contribution >= 0.6 is 24.0 Å². The molecule has 0 radical (unpaired) electrons. The fraction of sp³-hybridized carbons (Fsp3) is 0.300. The molecule has 0 spiro atoms. The summed E-state index contributed by atoms with van der Waals surface area (Å²) in [6.07, 6.45) is 0. The van der Waals surface area contributed by atoms with Crippen molar-refractivity contribution in [2.24, 2.45) is 0 Å². The van der Waals surface area contributed by atoms with Gasteiger partial charge in [-0.25, -0.2) is 0 Å². The number of nitrogens with zero attached hydrogens (tertiary/aromatic N) is 2. The molecular weight excluding hydrogens is 267 g/mol.